The lowest BCUT2D eigenvalue weighted by molar-refractivity contribution is 0.152. The Balaban J connectivity index is 2.39. The zero-order valence-corrected chi connectivity index (χ0v) is 12.3. The van der Waals surface area contributed by atoms with E-state index in [2.05, 4.69) is 5.10 Å². The number of rotatable bonds is 1. The number of nitrogens with zero attached hydrogens (tertiary/aromatic N) is 3. The highest BCUT2D eigenvalue weighted by atomic mass is 16.3. The number of aliphatic hydroxyl groups excluding tert-OH is 1. The normalized spacial score (nSPS) is 17.2. The van der Waals surface area contributed by atoms with E-state index in [1.165, 1.54) is 0 Å². The third-order valence-corrected chi connectivity index (χ3v) is 4.46. The van der Waals surface area contributed by atoms with E-state index < -0.39 is 6.10 Å². The zero-order valence-electron chi connectivity index (χ0n) is 12.3. The van der Waals surface area contributed by atoms with Crippen LogP contribution in [0.1, 0.15) is 29.8 Å². The van der Waals surface area contributed by atoms with Gasteiger partial charge in [0.2, 0.25) is 0 Å². The van der Waals surface area contributed by atoms with Gasteiger partial charge in [0.15, 0.2) is 0 Å². The molecule has 0 amide bonds. The lowest BCUT2D eigenvalue weighted by Crippen LogP contribution is -2.22. The van der Waals surface area contributed by atoms with Crippen LogP contribution in [0.15, 0.2) is 16.9 Å². The van der Waals surface area contributed by atoms with Crippen LogP contribution in [-0.2, 0) is 20.0 Å². The maximum absolute atomic E-state index is 12.7. The number of aryl methyl sites for hydroxylation is 3. The maximum Gasteiger partial charge on any atom is 0.258 e. The number of hydrogen-bond acceptors (Lipinski definition) is 3. The van der Waals surface area contributed by atoms with E-state index >= 15 is 0 Å². The van der Waals surface area contributed by atoms with E-state index in [4.69, 9.17) is 0 Å². The second-order valence-electron chi connectivity index (χ2n) is 5.84. The summed E-state index contributed by atoms with van der Waals surface area (Å²) in [5.41, 5.74) is 4.61. The SMILES string of the molecule is CCc1nn2c3c4c(cc(C)cc4c(=O)n(C)c13)C(O)C2. The van der Waals surface area contributed by atoms with Gasteiger partial charge in [-0.1, -0.05) is 13.0 Å². The lowest BCUT2D eigenvalue weighted by Gasteiger charge is -2.22. The van der Waals surface area contributed by atoms with Crippen molar-refractivity contribution in [2.75, 3.05) is 0 Å². The van der Waals surface area contributed by atoms with Crippen molar-refractivity contribution in [2.24, 2.45) is 7.05 Å². The molecule has 108 valence electrons. The van der Waals surface area contributed by atoms with Gasteiger partial charge in [0.1, 0.15) is 0 Å². The topological polar surface area (TPSA) is 60.0 Å². The molecule has 1 aliphatic rings. The zero-order chi connectivity index (χ0) is 14.9. The van der Waals surface area contributed by atoms with Gasteiger partial charge in [-0.3, -0.25) is 9.48 Å². The van der Waals surface area contributed by atoms with Crippen molar-refractivity contribution in [3.8, 4) is 0 Å². The quantitative estimate of drug-likeness (QED) is 0.741. The summed E-state index contributed by atoms with van der Waals surface area (Å²) in [5, 5.41) is 16.5. The van der Waals surface area contributed by atoms with Crippen LogP contribution in [0.4, 0.5) is 0 Å². The molecular formula is C16H17N3O2. The molecule has 21 heavy (non-hydrogen) atoms. The first-order valence-corrected chi connectivity index (χ1v) is 7.23. The van der Waals surface area contributed by atoms with Gasteiger partial charge in [0, 0.05) is 17.8 Å². The van der Waals surface area contributed by atoms with Gasteiger partial charge in [-0.05, 0) is 30.5 Å². The van der Waals surface area contributed by atoms with E-state index in [9.17, 15) is 9.90 Å². The minimum Gasteiger partial charge on any atom is -0.386 e. The smallest absolute Gasteiger partial charge is 0.258 e. The molecule has 4 rings (SSSR count). The highest BCUT2D eigenvalue weighted by molar-refractivity contribution is 6.07. The van der Waals surface area contributed by atoms with Crippen LogP contribution in [0.3, 0.4) is 0 Å². The molecule has 0 fully saturated rings. The molecule has 5 nitrogen and oxygen atoms in total. The Bertz CT molecular complexity index is 965. The molecule has 0 saturated carbocycles. The summed E-state index contributed by atoms with van der Waals surface area (Å²) in [6.45, 7) is 4.43. The molecule has 0 saturated heterocycles. The van der Waals surface area contributed by atoms with Gasteiger partial charge in [-0.25, -0.2) is 0 Å². The average Bonchev–Trinajstić information content (AvgIpc) is 2.82. The molecule has 1 N–H and O–H groups in total. The Labute approximate surface area is 121 Å². The summed E-state index contributed by atoms with van der Waals surface area (Å²) >= 11 is 0. The van der Waals surface area contributed by atoms with E-state index in [0.717, 1.165) is 39.7 Å². The second-order valence-corrected chi connectivity index (χ2v) is 5.84. The van der Waals surface area contributed by atoms with Crippen LogP contribution in [0.25, 0.3) is 21.8 Å². The Kier molecular flexibility index (Phi) is 2.37. The first-order valence-electron chi connectivity index (χ1n) is 7.23. The van der Waals surface area contributed by atoms with Gasteiger partial charge in [0.05, 0.1) is 29.4 Å². The van der Waals surface area contributed by atoms with Gasteiger partial charge in [-0.15, -0.1) is 0 Å². The van der Waals surface area contributed by atoms with Crippen LogP contribution < -0.4 is 5.56 Å². The number of benzene rings is 1. The van der Waals surface area contributed by atoms with Gasteiger partial charge >= 0.3 is 0 Å². The van der Waals surface area contributed by atoms with E-state index in [0.29, 0.717) is 11.9 Å². The van der Waals surface area contributed by atoms with Crippen molar-refractivity contribution >= 4 is 21.8 Å². The van der Waals surface area contributed by atoms with Gasteiger partial charge in [-0.2, -0.15) is 5.10 Å². The standard InChI is InChI=1S/C16H17N3O2/c1-4-11-14-15-13-9(12(20)7-19(15)17-11)5-8(2)6-10(13)16(21)18(14)3/h5-6,12,20H,4,7H2,1-3H3. The van der Waals surface area contributed by atoms with Crippen molar-refractivity contribution in [1.29, 1.82) is 0 Å². The van der Waals surface area contributed by atoms with Crippen molar-refractivity contribution in [2.45, 2.75) is 32.9 Å². The number of aromatic nitrogens is 3. The minimum absolute atomic E-state index is 0.0224. The summed E-state index contributed by atoms with van der Waals surface area (Å²) < 4.78 is 3.55. The molecule has 0 aliphatic carbocycles. The fraction of sp³-hybridized carbons (Fsp3) is 0.375. The molecule has 0 spiro atoms. The van der Waals surface area contributed by atoms with Crippen LogP contribution in [0.5, 0.6) is 0 Å². The van der Waals surface area contributed by atoms with Gasteiger partial charge < -0.3 is 9.67 Å². The fourth-order valence-electron chi connectivity index (χ4n) is 3.53. The molecule has 1 aliphatic heterocycles. The first kappa shape index (κ1) is 12.6. The van der Waals surface area contributed by atoms with Crippen LogP contribution >= 0.6 is 0 Å². The minimum atomic E-state index is -0.611. The van der Waals surface area contributed by atoms with E-state index in [1.807, 2.05) is 30.7 Å². The molecule has 0 radical (unpaired) electrons. The summed E-state index contributed by atoms with van der Waals surface area (Å²) in [6.07, 6.45) is 0.152. The van der Waals surface area contributed by atoms with Crippen molar-refractivity contribution < 1.29 is 5.11 Å². The van der Waals surface area contributed by atoms with Crippen molar-refractivity contribution in [3.05, 3.63) is 39.3 Å². The summed E-state index contributed by atoms with van der Waals surface area (Å²) in [5.74, 6) is 0. The molecule has 0 bridgehead atoms. The lowest BCUT2D eigenvalue weighted by atomic mass is 9.95. The molecule has 5 heteroatoms. The number of pyridine rings is 1. The monoisotopic (exact) mass is 283 g/mol. The maximum atomic E-state index is 12.7. The third-order valence-electron chi connectivity index (χ3n) is 4.46. The Morgan fingerprint density at radius 3 is 2.86 bits per heavy atom. The Morgan fingerprint density at radius 1 is 1.38 bits per heavy atom. The molecule has 1 atom stereocenters. The van der Waals surface area contributed by atoms with Crippen molar-refractivity contribution in [1.82, 2.24) is 14.3 Å². The predicted molar refractivity (Wildman–Crippen MR) is 81.6 cm³/mol. The van der Waals surface area contributed by atoms with Crippen LogP contribution in [-0.4, -0.2) is 19.5 Å². The fourth-order valence-corrected chi connectivity index (χ4v) is 3.53. The van der Waals surface area contributed by atoms with E-state index in [-0.39, 0.29) is 5.56 Å². The molecule has 1 unspecified atom stereocenters. The average molecular weight is 283 g/mol. The molecular weight excluding hydrogens is 266 g/mol. The van der Waals surface area contributed by atoms with Gasteiger partial charge in [0.25, 0.3) is 5.56 Å². The third kappa shape index (κ3) is 1.44. The predicted octanol–water partition coefficient (Wildman–Crippen LogP) is 1.81. The Morgan fingerprint density at radius 2 is 2.14 bits per heavy atom. The molecule has 3 heterocycles. The summed E-state index contributed by atoms with van der Waals surface area (Å²) in [7, 11) is 1.80. The first-order chi connectivity index (χ1) is 10.0. The van der Waals surface area contributed by atoms with E-state index in [1.54, 1.807) is 11.6 Å². The summed E-state index contributed by atoms with van der Waals surface area (Å²) in [4.78, 5) is 12.7. The second kappa shape index (κ2) is 3.95. The molecule has 3 aromatic rings. The Hall–Kier alpha value is -2.14. The molecule has 1 aromatic carbocycles. The number of aliphatic hydroxyl groups is 1. The highest BCUT2D eigenvalue weighted by Gasteiger charge is 2.27. The van der Waals surface area contributed by atoms with Crippen LogP contribution in [0, 0.1) is 6.92 Å². The number of hydrogen-bond donors (Lipinski definition) is 1. The van der Waals surface area contributed by atoms with Crippen LogP contribution in [0.2, 0.25) is 0 Å². The summed E-state index contributed by atoms with van der Waals surface area (Å²) in [6, 6.07) is 3.88. The molecule has 2 aromatic heterocycles. The van der Waals surface area contributed by atoms with Crippen molar-refractivity contribution in [3.63, 3.8) is 0 Å². The highest BCUT2D eigenvalue weighted by Crippen LogP contribution is 2.36. The largest absolute Gasteiger partial charge is 0.386 e.